The van der Waals surface area contributed by atoms with Crippen LogP contribution in [0.5, 0.6) is 0 Å². The molecule has 0 fully saturated rings. The lowest BCUT2D eigenvalue weighted by Gasteiger charge is -2.11. The van der Waals surface area contributed by atoms with E-state index in [1.54, 1.807) is 53.6 Å². The molecule has 2 heterocycles. The molecule has 0 bridgehead atoms. The highest BCUT2D eigenvalue weighted by atomic mass is 19.1. The van der Waals surface area contributed by atoms with E-state index in [-0.39, 0.29) is 33.8 Å². The average molecular weight is 749 g/mol. The van der Waals surface area contributed by atoms with E-state index in [1.807, 2.05) is 0 Å². The maximum absolute atomic E-state index is 14.2. The van der Waals surface area contributed by atoms with Crippen LogP contribution in [0.4, 0.5) is 20.2 Å². The number of allylic oxidation sites excluding steroid dienone is 6. The highest BCUT2D eigenvalue weighted by molar-refractivity contribution is 5.95. The van der Waals surface area contributed by atoms with Crippen molar-refractivity contribution in [2.75, 3.05) is 24.7 Å². The lowest BCUT2D eigenvalue weighted by molar-refractivity contribution is -0.105. The lowest BCUT2D eigenvalue weighted by atomic mass is 9.99. The van der Waals surface area contributed by atoms with E-state index >= 15 is 0 Å². The number of nitrogens with one attached hydrogen (secondary N) is 2. The Morgan fingerprint density at radius 1 is 0.685 bits per heavy atom. The predicted octanol–water partition coefficient (Wildman–Crippen LogP) is 3.37. The molecule has 0 unspecified atom stereocenters. The number of anilines is 2. The number of halogens is 2. The molecule has 0 amide bonds. The maximum Gasteiger partial charge on any atom is 0.337 e. The van der Waals surface area contributed by atoms with Gasteiger partial charge in [-0.05, 0) is 85.4 Å². The van der Waals surface area contributed by atoms with Crippen molar-refractivity contribution in [1.29, 1.82) is 0 Å². The molecule has 0 saturated heterocycles. The van der Waals surface area contributed by atoms with E-state index < -0.39 is 23.6 Å². The third kappa shape index (κ3) is 13.5. The van der Waals surface area contributed by atoms with Gasteiger partial charge in [0.15, 0.2) is 12.6 Å². The smallest absolute Gasteiger partial charge is 0.337 e. The Kier molecular flexibility index (Phi) is 17.4. The Morgan fingerprint density at radius 2 is 1.09 bits per heavy atom. The topological polar surface area (TPSA) is 273 Å². The molecule has 16 nitrogen and oxygen atoms in total. The summed E-state index contributed by atoms with van der Waals surface area (Å²) in [6.07, 6.45) is 18.4. The molecule has 0 aliphatic carbocycles. The number of unbranched alkanes of at least 4 members (excludes halogenated alkanes) is 1. The summed E-state index contributed by atoms with van der Waals surface area (Å²) in [6.45, 7) is 0. The quantitative estimate of drug-likeness (QED) is 0.0375. The van der Waals surface area contributed by atoms with Crippen molar-refractivity contribution < 1.29 is 38.2 Å². The molecule has 286 valence electrons. The van der Waals surface area contributed by atoms with E-state index in [4.69, 9.17) is 28.0 Å². The van der Waals surface area contributed by atoms with Gasteiger partial charge in [-0.15, -0.1) is 0 Å². The summed E-state index contributed by atoms with van der Waals surface area (Å²) in [4.78, 5) is 50.3. The van der Waals surface area contributed by atoms with E-state index in [2.05, 4.69) is 20.6 Å². The first kappa shape index (κ1) is 42.9. The Balaban J connectivity index is 0.000000321. The van der Waals surface area contributed by atoms with Gasteiger partial charge in [-0.1, -0.05) is 0 Å². The van der Waals surface area contributed by atoms with Gasteiger partial charge in [0, 0.05) is 44.6 Å². The standard InChI is InChI=1S/C20H22F2N2O4.2C8H10N4O/c1-23-17-8-12(15(21)9-14(17)20(27)28)6-4-3-5-11-7-13(19(25)26)18(24-2)10-16(11)22;2*9-7(5-13)1-2-8(10)12-4-3-11-6-12/h7-10,23-24H,3-6H2,1-2H3,(H,25,26)(H,27,28);2*1-6H,9-10H2/b;2*7-1-,8-2+. The zero-order chi connectivity index (χ0) is 40.2. The first-order valence-electron chi connectivity index (χ1n) is 16.0. The van der Waals surface area contributed by atoms with Gasteiger partial charge in [0.1, 0.15) is 35.9 Å². The molecule has 4 aromatic rings. The second kappa shape index (κ2) is 21.9. The summed E-state index contributed by atoms with van der Waals surface area (Å²) in [5.41, 5.74) is 23.0. The summed E-state index contributed by atoms with van der Waals surface area (Å²) in [5.74, 6) is -2.57. The number of hydrogen-bond acceptors (Lipinski definition) is 12. The number of carbonyl (C=O) groups is 4. The van der Waals surface area contributed by atoms with Gasteiger partial charge >= 0.3 is 11.9 Å². The average Bonchev–Trinajstić information content (AvgIpc) is 3.91. The number of carboxylic acid groups (broad SMARTS) is 2. The molecular weight excluding hydrogens is 706 g/mol. The van der Waals surface area contributed by atoms with Crippen molar-refractivity contribution in [3.8, 4) is 0 Å². The maximum atomic E-state index is 14.2. The fourth-order valence-corrected chi connectivity index (χ4v) is 4.46. The number of aromatic carboxylic acids is 2. The Bertz CT molecular complexity index is 1940. The summed E-state index contributed by atoms with van der Waals surface area (Å²) < 4.78 is 31.5. The minimum absolute atomic E-state index is 0.00661. The van der Waals surface area contributed by atoms with Gasteiger partial charge in [0.25, 0.3) is 0 Å². The zero-order valence-electron chi connectivity index (χ0n) is 29.4. The number of rotatable bonds is 15. The summed E-state index contributed by atoms with van der Waals surface area (Å²) in [5, 5.41) is 23.7. The summed E-state index contributed by atoms with van der Waals surface area (Å²) >= 11 is 0. The third-order valence-corrected chi connectivity index (χ3v) is 7.29. The molecule has 2 aromatic heterocycles. The zero-order valence-corrected chi connectivity index (χ0v) is 29.4. The molecule has 0 saturated carbocycles. The van der Waals surface area contributed by atoms with Gasteiger partial charge in [-0.3, -0.25) is 18.7 Å². The number of carboxylic acids is 2. The summed E-state index contributed by atoms with van der Waals surface area (Å²) in [7, 11) is 3.07. The molecule has 12 N–H and O–H groups in total. The van der Waals surface area contributed by atoms with Gasteiger partial charge in [0.2, 0.25) is 0 Å². The first-order chi connectivity index (χ1) is 25.8. The first-order valence-corrected chi connectivity index (χ1v) is 16.0. The van der Waals surface area contributed by atoms with E-state index in [0.717, 1.165) is 12.1 Å². The number of nitrogens with two attached hydrogens (primary N) is 4. The van der Waals surface area contributed by atoms with Crippen molar-refractivity contribution in [3.63, 3.8) is 0 Å². The van der Waals surface area contributed by atoms with Crippen molar-refractivity contribution in [2.45, 2.75) is 25.7 Å². The second-order valence-corrected chi connectivity index (χ2v) is 11.0. The molecule has 0 aliphatic rings. The monoisotopic (exact) mass is 748 g/mol. The van der Waals surface area contributed by atoms with Crippen LogP contribution in [0.3, 0.4) is 0 Å². The Labute approximate surface area is 309 Å². The van der Waals surface area contributed by atoms with Crippen LogP contribution in [0.1, 0.15) is 44.7 Å². The van der Waals surface area contributed by atoms with Crippen molar-refractivity contribution in [2.24, 2.45) is 22.9 Å². The van der Waals surface area contributed by atoms with Gasteiger partial charge < -0.3 is 43.8 Å². The van der Waals surface area contributed by atoms with Crippen LogP contribution < -0.4 is 33.6 Å². The normalized spacial score (nSPS) is 11.7. The highest BCUT2D eigenvalue weighted by Gasteiger charge is 2.16. The van der Waals surface area contributed by atoms with Crippen LogP contribution in [0, 0.1) is 11.6 Å². The highest BCUT2D eigenvalue weighted by Crippen LogP contribution is 2.24. The summed E-state index contributed by atoms with van der Waals surface area (Å²) in [6, 6.07) is 4.91. The number of imidazole rings is 2. The lowest BCUT2D eigenvalue weighted by Crippen LogP contribution is -2.06. The minimum Gasteiger partial charge on any atom is -0.478 e. The van der Waals surface area contributed by atoms with E-state index in [0.29, 0.717) is 61.1 Å². The van der Waals surface area contributed by atoms with Crippen LogP contribution in [0.25, 0.3) is 11.6 Å². The van der Waals surface area contributed by atoms with Crippen molar-refractivity contribution in [1.82, 2.24) is 19.1 Å². The van der Waals surface area contributed by atoms with Crippen LogP contribution in [0.2, 0.25) is 0 Å². The molecule has 4 rings (SSSR count). The van der Waals surface area contributed by atoms with Crippen LogP contribution in [-0.2, 0) is 22.4 Å². The Morgan fingerprint density at radius 3 is 1.48 bits per heavy atom. The fraction of sp³-hybridized carbons (Fsp3) is 0.167. The van der Waals surface area contributed by atoms with Crippen molar-refractivity contribution in [3.05, 3.63) is 131 Å². The number of benzene rings is 2. The second-order valence-electron chi connectivity index (χ2n) is 11.0. The van der Waals surface area contributed by atoms with Crippen molar-refractivity contribution >= 4 is 47.5 Å². The number of aromatic nitrogens is 4. The fourth-order valence-electron chi connectivity index (χ4n) is 4.46. The molecule has 0 atom stereocenters. The number of carbonyl (C=O) groups excluding carboxylic acids is 2. The largest absolute Gasteiger partial charge is 0.478 e. The number of nitrogens with zero attached hydrogens (tertiary/aromatic N) is 4. The molecule has 0 aliphatic heterocycles. The molecule has 54 heavy (non-hydrogen) atoms. The van der Waals surface area contributed by atoms with Gasteiger partial charge in [-0.25, -0.2) is 28.3 Å². The molecular formula is C36H42F2N10O6. The molecule has 0 radical (unpaired) electrons. The predicted molar refractivity (Wildman–Crippen MR) is 200 cm³/mol. The molecule has 18 heteroatoms. The minimum atomic E-state index is -1.22. The molecule has 2 aromatic carbocycles. The van der Waals surface area contributed by atoms with Gasteiger partial charge in [0.05, 0.1) is 28.2 Å². The van der Waals surface area contributed by atoms with Crippen LogP contribution in [0.15, 0.2) is 97.4 Å². The molecule has 0 spiro atoms. The van der Waals surface area contributed by atoms with Crippen LogP contribution >= 0.6 is 0 Å². The van der Waals surface area contributed by atoms with Gasteiger partial charge in [-0.2, -0.15) is 0 Å². The third-order valence-electron chi connectivity index (χ3n) is 7.29. The van der Waals surface area contributed by atoms with E-state index in [9.17, 15) is 33.1 Å². The number of aryl methyl sites for hydroxylation is 2. The Hall–Kier alpha value is -7.24. The van der Waals surface area contributed by atoms with Crippen LogP contribution in [-0.4, -0.2) is 67.9 Å². The SMILES string of the molecule is CNc1cc(CCCCc2cc(C(=O)O)c(NC)cc2F)c(F)cc1C(=O)O.N/C(C=O)=C\C=C(/N)n1ccnc1.N/C(C=O)=C\C=C(/N)n1ccnc1. The van der Waals surface area contributed by atoms with E-state index in [1.165, 1.54) is 43.5 Å². The number of hydrogen-bond donors (Lipinski definition) is 8. The number of aldehydes is 2.